The van der Waals surface area contributed by atoms with Gasteiger partial charge in [0.1, 0.15) is 0 Å². The normalized spacial score (nSPS) is 17.8. The molecule has 124 valence electrons. The van der Waals surface area contributed by atoms with E-state index in [2.05, 4.69) is 4.72 Å². The topological polar surface area (TPSA) is 75.6 Å². The smallest absolute Gasteiger partial charge is 0.240 e. The van der Waals surface area contributed by atoms with E-state index in [0.29, 0.717) is 0 Å². The quantitative estimate of drug-likeness (QED) is 0.802. The van der Waals surface area contributed by atoms with Crippen molar-refractivity contribution in [3.63, 3.8) is 0 Å². The third-order valence-corrected chi connectivity index (χ3v) is 5.79. The summed E-state index contributed by atoms with van der Waals surface area (Å²) in [7, 11) is -3.54. The zero-order chi connectivity index (χ0) is 16.2. The average Bonchev–Trinajstić information content (AvgIpc) is 2.95. The second kappa shape index (κ2) is 7.08. The first-order valence-corrected chi connectivity index (χ1v) is 9.19. The Labute approximate surface area is 132 Å². The van der Waals surface area contributed by atoms with Gasteiger partial charge >= 0.3 is 0 Å². The first kappa shape index (κ1) is 17.4. The molecular formula is C16H25NO4S. The zero-order valence-corrected chi connectivity index (χ0v) is 14.1. The van der Waals surface area contributed by atoms with Crippen LogP contribution in [-0.2, 0) is 14.8 Å². The fourth-order valence-corrected chi connectivity index (χ4v) is 4.04. The molecule has 0 atom stereocenters. The highest BCUT2D eigenvalue weighted by atomic mass is 32.2. The maximum atomic E-state index is 12.5. The maximum Gasteiger partial charge on any atom is 0.240 e. The van der Waals surface area contributed by atoms with Crippen molar-refractivity contribution in [1.82, 2.24) is 4.72 Å². The number of hydrogen-bond donors (Lipinski definition) is 2. The van der Waals surface area contributed by atoms with Crippen LogP contribution in [-0.4, -0.2) is 38.9 Å². The van der Waals surface area contributed by atoms with Crippen LogP contribution in [0.25, 0.3) is 0 Å². The van der Waals surface area contributed by atoms with Gasteiger partial charge in [0.2, 0.25) is 10.0 Å². The summed E-state index contributed by atoms with van der Waals surface area (Å²) in [6.45, 7) is 4.30. The molecule has 0 radical (unpaired) electrons. The van der Waals surface area contributed by atoms with Crippen molar-refractivity contribution < 1.29 is 18.3 Å². The molecule has 5 nitrogen and oxygen atoms in total. The number of hydrogen-bond acceptors (Lipinski definition) is 4. The highest BCUT2D eigenvalue weighted by Crippen LogP contribution is 2.33. The number of sulfonamides is 1. The van der Waals surface area contributed by atoms with Crippen molar-refractivity contribution in [2.45, 2.75) is 50.0 Å². The lowest BCUT2D eigenvalue weighted by Crippen LogP contribution is -2.43. The SMILES string of the molecule is Cc1ccc(S(=O)(=O)NCC2(OCCO)CCCC2)cc1C. The van der Waals surface area contributed by atoms with Gasteiger partial charge in [-0.3, -0.25) is 0 Å². The molecule has 1 aliphatic rings. The highest BCUT2D eigenvalue weighted by molar-refractivity contribution is 7.89. The number of nitrogens with one attached hydrogen (secondary N) is 1. The van der Waals surface area contributed by atoms with Gasteiger partial charge in [0.15, 0.2) is 0 Å². The lowest BCUT2D eigenvalue weighted by Gasteiger charge is -2.29. The number of aryl methyl sites for hydroxylation is 2. The second-order valence-corrected chi connectivity index (χ2v) is 7.80. The first-order valence-electron chi connectivity index (χ1n) is 7.70. The van der Waals surface area contributed by atoms with Crippen molar-refractivity contribution in [1.29, 1.82) is 0 Å². The van der Waals surface area contributed by atoms with E-state index in [9.17, 15) is 8.42 Å². The van der Waals surface area contributed by atoms with Crippen molar-refractivity contribution in [2.24, 2.45) is 0 Å². The molecule has 1 aromatic rings. The van der Waals surface area contributed by atoms with Crippen LogP contribution in [0.1, 0.15) is 36.8 Å². The van der Waals surface area contributed by atoms with E-state index in [-0.39, 0.29) is 24.7 Å². The number of aliphatic hydroxyl groups excluding tert-OH is 1. The van der Waals surface area contributed by atoms with E-state index >= 15 is 0 Å². The zero-order valence-electron chi connectivity index (χ0n) is 13.3. The maximum absolute atomic E-state index is 12.5. The van der Waals surface area contributed by atoms with Gasteiger partial charge in [-0.1, -0.05) is 18.9 Å². The van der Waals surface area contributed by atoms with Crippen LogP contribution >= 0.6 is 0 Å². The predicted octanol–water partition coefficient (Wildman–Crippen LogP) is 1.90. The minimum atomic E-state index is -3.54. The van der Waals surface area contributed by atoms with Crippen LogP contribution in [0, 0.1) is 13.8 Å². The first-order chi connectivity index (χ1) is 10.4. The monoisotopic (exact) mass is 327 g/mol. The van der Waals surface area contributed by atoms with Gasteiger partial charge in [-0.2, -0.15) is 0 Å². The van der Waals surface area contributed by atoms with Crippen LogP contribution < -0.4 is 4.72 Å². The van der Waals surface area contributed by atoms with E-state index in [1.54, 1.807) is 12.1 Å². The Bertz CT molecular complexity index is 607. The summed E-state index contributed by atoms with van der Waals surface area (Å²) in [6, 6.07) is 5.13. The van der Waals surface area contributed by atoms with Crippen molar-refractivity contribution in [3.05, 3.63) is 29.3 Å². The summed E-state index contributed by atoms with van der Waals surface area (Å²) in [5.41, 5.74) is 1.54. The van der Waals surface area contributed by atoms with Crippen LogP contribution in [0.15, 0.2) is 23.1 Å². The third-order valence-electron chi connectivity index (χ3n) is 4.39. The fourth-order valence-electron chi connectivity index (χ4n) is 2.84. The van der Waals surface area contributed by atoms with Crippen LogP contribution in [0.4, 0.5) is 0 Å². The minimum Gasteiger partial charge on any atom is -0.394 e. The van der Waals surface area contributed by atoms with Gasteiger partial charge in [0, 0.05) is 6.54 Å². The predicted molar refractivity (Wildman–Crippen MR) is 85.3 cm³/mol. The molecule has 0 saturated heterocycles. The number of benzene rings is 1. The van der Waals surface area contributed by atoms with E-state index in [4.69, 9.17) is 9.84 Å². The summed E-state index contributed by atoms with van der Waals surface area (Å²) in [4.78, 5) is 0.283. The average molecular weight is 327 g/mol. The Morgan fingerprint density at radius 3 is 2.50 bits per heavy atom. The molecule has 0 bridgehead atoms. The Balaban J connectivity index is 2.09. The molecule has 1 aromatic carbocycles. The van der Waals surface area contributed by atoms with Gasteiger partial charge in [0.05, 0.1) is 23.7 Å². The van der Waals surface area contributed by atoms with Crippen LogP contribution in [0.3, 0.4) is 0 Å². The molecule has 6 heteroatoms. The van der Waals surface area contributed by atoms with E-state index < -0.39 is 15.6 Å². The molecule has 0 heterocycles. The van der Waals surface area contributed by atoms with Crippen LogP contribution in [0.5, 0.6) is 0 Å². The molecule has 0 aromatic heterocycles. The number of aliphatic hydroxyl groups is 1. The molecule has 2 rings (SSSR count). The summed E-state index contributed by atoms with van der Waals surface area (Å²) in [5, 5.41) is 8.94. The Morgan fingerprint density at radius 1 is 1.23 bits per heavy atom. The van der Waals surface area contributed by atoms with Crippen molar-refractivity contribution >= 4 is 10.0 Å². The lowest BCUT2D eigenvalue weighted by atomic mass is 10.0. The number of ether oxygens (including phenoxy) is 1. The largest absolute Gasteiger partial charge is 0.394 e. The van der Waals surface area contributed by atoms with E-state index in [1.807, 2.05) is 19.9 Å². The molecule has 1 saturated carbocycles. The summed E-state index contributed by atoms with van der Waals surface area (Å²) in [5.74, 6) is 0. The van der Waals surface area contributed by atoms with Gasteiger partial charge < -0.3 is 9.84 Å². The van der Waals surface area contributed by atoms with Gasteiger partial charge in [-0.05, 0) is 49.9 Å². The molecular weight excluding hydrogens is 302 g/mol. The number of rotatable bonds is 7. The Morgan fingerprint density at radius 2 is 1.91 bits per heavy atom. The lowest BCUT2D eigenvalue weighted by molar-refractivity contribution is -0.0492. The van der Waals surface area contributed by atoms with Gasteiger partial charge in [-0.15, -0.1) is 0 Å². The Hall–Kier alpha value is -0.950. The van der Waals surface area contributed by atoms with Crippen molar-refractivity contribution in [2.75, 3.05) is 19.8 Å². The standard InChI is InChI=1S/C16H25NO4S/c1-13-5-6-15(11-14(13)2)22(19,20)17-12-16(21-10-9-18)7-3-4-8-16/h5-6,11,17-18H,3-4,7-10,12H2,1-2H3. The van der Waals surface area contributed by atoms with E-state index in [1.165, 1.54) is 0 Å². The molecule has 1 fully saturated rings. The molecule has 0 unspecified atom stereocenters. The van der Waals surface area contributed by atoms with Gasteiger partial charge in [0.25, 0.3) is 0 Å². The van der Waals surface area contributed by atoms with Crippen LogP contribution in [0.2, 0.25) is 0 Å². The third kappa shape index (κ3) is 4.07. The highest BCUT2D eigenvalue weighted by Gasteiger charge is 2.36. The molecule has 2 N–H and O–H groups in total. The Kier molecular flexibility index (Phi) is 5.60. The molecule has 22 heavy (non-hydrogen) atoms. The molecule has 0 spiro atoms. The summed E-state index contributed by atoms with van der Waals surface area (Å²) in [6.07, 6.45) is 3.69. The minimum absolute atomic E-state index is 0.0499. The van der Waals surface area contributed by atoms with Gasteiger partial charge in [-0.25, -0.2) is 13.1 Å². The molecule has 0 amide bonds. The second-order valence-electron chi connectivity index (χ2n) is 6.03. The van der Waals surface area contributed by atoms with Crippen molar-refractivity contribution in [3.8, 4) is 0 Å². The summed E-state index contributed by atoms with van der Waals surface area (Å²) < 4.78 is 33.3. The fraction of sp³-hybridized carbons (Fsp3) is 0.625. The molecule has 0 aliphatic heterocycles. The summed E-state index contributed by atoms with van der Waals surface area (Å²) >= 11 is 0. The molecule has 1 aliphatic carbocycles. The van der Waals surface area contributed by atoms with E-state index in [0.717, 1.165) is 36.8 Å².